The van der Waals surface area contributed by atoms with E-state index < -0.39 is 11.9 Å². The van der Waals surface area contributed by atoms with Crippen LogP contribution in [0.25, 0.3) is 0 Å². The van der Waals surface area contributed by atoms with Crippen LogP contribution < -0.4 is 5.56 Å². The van der Waals surface area contributed by atoms with Crippen molar-refractivity contribution >= 4 is 16.8 Å². The SMILES string of the molecule is CCN(C)C1(C)C=CN=C2CC1c1ncn(C3CC=C(OC)C=C3F)c(=O)c1S2. The zero-order chi connectivity index (χ0) is 20.8. The van der Waals surface area contributed by atoms with E-state index in [1.807, 2.05) is 6.20 Å². The summed E-state index contributed by atoms with van der Waals surface area (Å²) in [6, 6.07) is -0.700. The van der Waals surface area contributed by atoms with E-state index in [9.17, 15) is 9.18 Å². The highest BCUT2D eigenvalue weighted by Gasteiger charge is 2.44. The molecule has 1 aliphatic carbocycles. The summed E-state index contributed by atoms with van der Waals surface area (Å²) in [4.78, 5) is 25.4. The molecule has 1 aromatic heterocycles. The average molecular weight is 417 g/mol. The molecule has 0 amide bonds. The number of hydrogen-bond acceptors (Lipinski definition) is 6. The highest BCUT2D eigenvalue weighted by Crippen LogP contribution is 2.46. The number of thioether (sulfide) groups is 1. The minimum absolute atomic E-state index is 0.00952. The van der Waals surface area contributed by atoms with E-state index in [1.165, 1.54) is 35.8 Å². The Balaban J connectivity index is 1.79. The maximum Gasteiger partial charge on any atom is 0.268 e. The number of aliphatic imine (C=N–C) groups is 1. The van der Waals surface area contributed by atoms with E-state index in [4.69, 9.17) is 4.74 Å². The van der Waals surface area contributed by atoms with Crippen molar-refractivity contribution in [2.75, 3.05) is 20.7 Å². The lowest BCUT2D eigenvalue weighted by Crippen LogP contribution is -2.48. The van der Waals surface area contributed by atoms with Gasteiger partial charge in [-0.3, -0.25) is 19.3 Å². The van der Waals surface area contributed by atoms with Gasteiger partial charge in [-0.2, -0.15) is 0 Å². The predicted octanol–water partition coefficient (Wildman–Crippen LogP) is 3.79. The molecule has 0 aromatic carbocycles. The second-order valence-corrected chi connectivity index (χ2v) is 8.78. The third-order valence-electron chi connectivity index (χ3n) is 6.26. The molecule has 2 aliphatic heterocycles. The number of aromatic nitrogens is 2. The van der Waals surface area contributed by atoms with E-state index in [0.29, 0.717) is 17.1 Å². The second kappa shape index (κ2) is 7.57. The van der Waals surface area contributed by atoms with Crippen LogP contribution in [0, 0.1) is 0 Å². The molecule has 4 rings (SSSR count). The average Bonchev–Trinajstić information content (AvgIpc) is 2.86. The van der Waals surface area contributed by atoms with Gasteiger partial charge in [0, 0.05) is 30.2 Å². The molecule has 3 unspecified atom stereocenters. The van der Waals surface area contributed by atoms with Gasteiger partial charge < -0.3 is 4.74 Å². The van der Waals surface area contributed by atoms with Gasteiger partial charge in [0.2, 0.25) is 0 Å². The molecule has 29 heavy (non-hydrogen) atoms. The Morgan fingerprint density at radius 1 is 1.48 bits per heavy atom. The molecule has 8 heteroatoms. The fourth-order valence-corrected chi connectivity index (χ4v) is 5.25. The van der Waals surface area contributed by atoms with Crippen LogP contribution in [-0.4, -0.2) is 45.7 Å². The van der Waals surface area contributed by atoms with Gasteiger partial charge in [-0.25, -0.2) is 9.37 Å². The fourth-order valence-electron chi connectivity index (χ4n) is 4.16. The molecule has 3 heterocycles. The first-order valence-corrected chi connectivity index (χ1v) is 10.6. The van der Waals surface area contributed by atoms with Crippen LogP contribution in [0.15, 0.2) is 57.0 Å². The molecule has 0 radical (unpaired) electrons. The molecule has 2 bridgehead atoms. The zero-order valence-corrected chi connectivity index (χ0v) is 17.9. The van der Waals surface area contributed by atoms with Gasteiger partial charge in [0.25, 0.3) is 5.56 Å². The highest BCUT2D eigenvalue weighted by atomic mass is 32.2. The van der Waals surface area contributed by atoms with Gasteiger partial charge in [-0.05, 0) is 39.1 Å². The molecule has 6 nitrogen and oxygen atoms in total. The highest BCUT2D eigenvalue weighted by molar-refractivity contribution is 8.14. The van der Waals surface area contributed by atoms with Gasteiger partial charge in [0.1, 0.15) is 16.5 Å². The lowest BCUT2D eigenvalue weighted by atomic mass is 9.79. The topological polar surface area (TPSA) is 59.7 Å². The Morgan fingerprint density at radius 3 is 2.97 bits per heavy atom. The van der Waals surface area contributed by atoms with Crippen molar-refractivity contribution in [1.29, 1.82) is 0 Å². The van der Waals surface area contributed by atoms with Crippen molar-refractivity contribution in [3.05, 3.63) is 58.4 Å². The Kier molecular flexibility index (Phi) is 5.25. The minimum atomic E-state index is -0.700. The number of ether oxygens (including phenoxy) is 1. The van der Waals surface area contributed by atoms with Crippen LogP contribution in [0.2, 0.25) is 0 Å². The van der Waals surface area contributed by atoms with Gasteiger partial charge in [-0.1, -0.05) is 18.7 Å². The molecule has 0 fully saturated rings. The molecule has 3 aliphatic rings. The molecule has 0 saturated heterocycles. The molecular weight excluding hydrogens is 391 g/mol. The van der Waals surface area contributed by atoms with Crippen molar-refractivity contribution in [1.82, 2.24) is 14.5 Å². The summed E-state index contributed by atoms with van der Waals surface area (Å²) in [7, 11) is 3.57. The Bertz CT molecular complexity index is 1010. The maximum absolute atomic E-state index is 14.7. The number of fused-ring (bicyclic) bond motifs is 4. The van der Waals surface area contributed by atoms with Gasteiger partial charge in [0.05, 0.1) is 30.2 Å². The molecule has 0 N–H and O–H groups in total. The van der Waals surface area contributed by atoms with Crippen molar-refractivity contribution in [3.8, 4) is 0 Å². The monoisotopic (exact) mass is 416 g/mol. The number of nitrogens with zero attached hydrogens (tertiary/aromatic N) is 4. The number of rotatable bonds is 4. The van der Waals surface area contributed by atoms with Crippen molar-refractivity contribution < 1.29 is 9.13 Å². The van der Waals surface area contributed by atoms with Crippen LogP contribution in [0.3, 0.4) is 0 Å². The first-order chi connectivity index (χ1) is 13.9. The predicted molar refractivity (Wildman–Crippen MR) is 113 cm³/mol. The van der Waals surface area contributed by atoms with Crippen LogP contribution in [-0.2, 0) is 4.74 Å². The van der Waals surface area contributed by atoms with Crippen molar-refractivity contribution in [3.63, 3.8) is 0 Å². The van der Waals surface area contributed by atoms with Crippen LogP contribution in [0.4, 0.5) is 4.39 Å². The summed E-state index contributed by atoms with van der Waals surface area (Å²) >= 11 is 1.36. The first-order valence-electron chi connectivity index (χ1n) is 9.74. The largest absolute Gasteiger partial charge is 0.497 e. The Labute approximate surface area is 173 Å². The zero-order valence-electron chi connectivity index (χ0n) is 17.1. The number of likely N-dealkylation sites (N-methyl/N-ethyl adjacent to an activating group) is 1. The summed E-state index contributed by atoms with van der Waals surface area (Å²) in [6.45, 7) is 5.12. The van der Waals surface area contributed by atoms with Crippen LogP contribution in [0.5, 0.6) is 0 Å². The number of methoxy groups -OCH3 is 1. The summed E-state index contributed by atoms with van der Waals surface area (Å²) in [5.41, 5.74) is 0.245. The second-order valence-electron chi connectivity index (χ2n) is 7.70. The standard InChI is InChI=1S/C21H25FN4O2S/c1-5-25(3)21(2)8-9-23-17-11-14(21)18-19(29-17)20(27)26(12-24-18)16-7-6-13(28-4)10-15(16)22/h6,8-10,12,14,16H,5,7,11H2,1-4H3. The van der Waals surface area contributed by atoms with Gasteiger partial charge in [0.15, 0.2) is 0 Å². The lowest BCUT2D eigenvalue weighted by molar-refractivity contribution is 0.159. The van der Waals surface area contributed by atoms with E-state index in [1.54, 1.807) is 6.08 Å². The van der Waals surface area contributed by atoms with Crippen molar-refractivity contribution in [2.24, 2.45) is 4.99 Å². The van der Waals surface area contributed by atoms with E-state index in [0.717, 1.165) is 23.7 Å². The molecule has 0 saturated carbocycles. The van der Waals surface area contributed by atoms with E-state index in [2.05, 4.69) is 41.8 Å². The fraction of sp³-hybridized carbons (Fsp3) is 0.476. The summed E-state index contributed by atoms with van der Waals surface area (Å²) < 4.78 is 21.2. The molecule has 0 spiro atoms. The van der Waals surface area contributed by atoms with Crippen molar-refractivity contribution in [2.45, 2.75) is 49.1 Å². The Hall–Kier alpha value is -2.19. The first kappa shape index (κ1) is 20.1. The Morgan fingerprint density at radius 2 is 2.28 bits per heavy atom. The summed E-state index contributed by atoms with van der Waals surface area (Å²) in [5.74, 6) is 0.0770. The molecule has 154 valence electrons. The normalized spacial score (nSPS) is 28.3. The molecule has 3 atom stereocenters. The quantitative estimate of drug-likeness (QED) is 0.748. The number of allylic oxidation sites excluding steroid dienone is 3. The van der Waals surface area contributed by atoms with Gasteiger partial charge in [-0.15, -0.1) is 0 Å². The third-order valence-corrected chi connectivity index (χ3v) is 7.35. The number of halogens is 1. The van der Waals surface area contributed by atoms with Crippen LogP contribution >= 0.6 is 11.8 Å². The van der Waals surface area contributed by atoms with Crippen LogP contribution in [0.1, 0.15) is 44.3 Å². The minimum Gasteiger partial charge on any atom is -0.497 e. The summed E-state index contributed by atoms with van der Waals surface area (Å²) in [5, 5.41) is 0.893. The van der Waals surface area contributed by atoms with E-state index in [-0.39, 0.29) is 17.0 Å². The molecular formula is C21H25FN4O2S. The smallest absolute Gasteiger partial charge is 0.268 e. The third kappa shape index (κ3) is 3.28. The summed E-state index contributed by atoms with van der Waals surface area (Å²) in [6.07, 6.45) is 9.62. The molecule has 1 aromatic rings. The lowest BCUT2D eigenvalue weighted by Gasteiger charge is -2.43. The van der Waals surface area contributed by atoms with Gasteiger partial charge >= 0.3 is 0 Å². The number of hydrogen-bond donors (Lipinski definition) is 0. The van der Waals surface area contributed by atoms with E-state index >= 15 is 0 Å². The maximum atomic E-state index is 14.7.